The highest BCUT2D eigenvalue weighted by molar-refractivity contribution is 7.92. The zero-order chi connectivity index (χ0) is 19.4. The molecule has 10 heteroatoms. The summed E-state index contributed by atoms with van der Waals surface area (Å²) in [4.78, 5) is 12.0. The first-order valence-electron chi connectivity index (χ1n) is 7.63. The maximum atomic E-state index is 12.2. The first-order chi connectivity index (χ1) is 12.9. The molecular weight excluding hydrogens is 394 g/mol. The summed E-state index contributed by atoms with van der Waals surface area (Å²) in [7, 11) is -2.27. The predicted octanol–water partition coefficient (Wildman–Crippen LogP) is 2.81. The Hall–Kier alpha value is -2.91. The molecule has 0 bridgehead atoms. The molecule has 0 fully saturated rings. The summed E-state index contributed by atoms with van der Waals surface area (Å²) in [5, 5.41) is 10.2. The summed E-state index contributed by atoms with van der Waals surface area (Å²) in [6.07, 6.45) is 0. The van der Waals surface area contributed by atoms with E-state index in [-0.39, 0.29) is 16.8 Å². The lowest BCUT2D eigenvalue weighted by molar-refractivity contribution is -0.114. The van der Waals surface area contributed by atoms with Gasteiger partial charge in [0.05, 0.1) is 12.0 Å². The first-order valence-corrected chi connectivity index (χ1v) is 9.66. The third kappa shape index (κ3) is 4.63. The minimum atomic E-state index is -3.82. The van der Waals surface area contributed by atoms with Gasteiger partial charge in [-0.2, -0.15) is 0 Å². The molecule has 0 unspecified atom stereocenters. The monoisotopic (exact) mass is 407 g/mol. The van der Waals surface area contributed by atoms with E-state index < -0.39 is 21.5 Å². The van der Waals surface area contributed by atoms with E-state index in [2.05, 4.69) is 15.5 Å². The molecule has 3 aromatic rings. The van der Waals surface area contributed by atoms with Crippen LogP contribution in [0.25, 0.3) is 11.5 Å². The molecule has 8 nitrogen and oxygen atoms in total. The molecule has 1 N–H and O–H groups in total. The number of ether oxygens (including phenoxy) is 1. The lowest BCUT2D eigenvalue weighted by Gasteiger charge is -2.04. The lowest BCUT2D eigenvalue weighted by Crippen LogP contribution is -2.23. The molecule has 0 radical (unpaired) electrons. The number of carbonyl (C=O) groups is 1. The minimum absolute atomic E-state index is 0.00787. The Balaban J connectivity index is 1.67. The molecule has 0 aliphatic heterocycles. The van der Waals surface area contributed by atoms with Gasteiger partial charge in [-0.05, 0) is 48.5 Å². The summed E-state index contributed by atoms with van der Waals surface area (Å²) in [6, 6.07) is 12.2. The van der Waals surface area contributed by atoms with Gasteiger partial charge in [-0.3, -0.25) is 10.1 Å². The molecule has 0 saturated carbocycles. The Morgan fingerprint density at radius 3 is 2.41 bits per heavy atom. The smallest absolute Gasteiger partial charge is 0.322 e. The molecule has 3 rings (SSSR count). The number of aromatic nitrogens is 2. The van der Waals surface area contributed by atoms with Crippen molar-refractivity contribution in [1.29, 1.82) is 0 Å². The van der Waals surface area contributed by atoms with Crippen LogP contribution in [0.15, 0.2) is 57.8 Å². The van der Waals surface area contributed by atoms with Gasteiger partial charge in [0.15, 0.2) is 9.84 Å². The van der Waals surface area contributed by atoms with E-state index in [0.29, 0.717) is 16.3 Å². The number of nitrogens with one attached hydrogen (secondary N) is 1. The summed E-state index contributed by atoms with van der Waals surface area (Å²) in [6.45, 7) is 0. The van der Waals surface area contributed by atoms with Crippen LogP contribution in [0.3, 0.4) is 0 Å². The SMILES string of the molecule is COc1ccc(-c2nnc(NC(=O)CS(=O)(=O)c3ccc(Cl)cc3)o2)cc1. The fraction of sp³-hybridized carbons (Fsp3) is 0.118. The number of carbonyl (C=O) groups excluding carboxylic acids is 1. The normalized spacial score (nSPS) is 11.2. The van der Waals surface area contributed by atoms with Crippen molar-refractivity contribution in [2.24, 2.45) is 0 Å². The number of methoxy groups -OCH3 is 1. The highest BCUT2D eigenvalue weighted by atomic mass is 35.5. The van der Waals surface area contributed by atoms with E-state index in [0.717, 1.165) is 0 Å². The van der Waals surface area contributed by atoms with Crippen molar-refractivity contribution >= 4 is 33.4 Å². The van der Waals surface area contributed by atoms with Crippen LogP contribution in [0.2, 0.25) is 5.02 Å². The molecule has 1 aromatic heterocycles. The number of halogens is 1. The maximum Gasteiger partial charge on any atom is 0.322 e. The summed E-state index contributed by atoms with van der Waals surface area (Å²) >= 11 is 5.74. The number of benzene rings is 2. The largest absolute Gasteiger partial charge is 0.497 e. The van der Waals surface area contributed by atoms with Crippen LogP contribution in [0.1, 0.15) is 0 Å². The van der Waals surface area contributed by atoms with E-state index in [1.54, 1.807) is 31.4 Å². The number of amides is 1. The van der Waals surface area contributed by atoms with Gasteiger partial charge in [0.1, 0.15) is 11.5 Å². The highest BCUT2D eigenvalue weighted by Gasteiger charge is 2.21. The van der Waals surface area contributed by atoms with E-state index in [4.69, 9.17) is 20.8 Å². The zero-order valence-corrected chi connectivity index (χ0v) is 15.6. The minimum Gasteiger partial charge on any atom is -0.497 e. The van der Waals surface area contributed by atoms with E-state index in [1.165, 1.54) is 24.3 Å². The topological polar surface area (TPSA) is 111 Å². The van der Waals surface area contributed by atoms with E-state index in [1.807, 2.05) is 0 Å². The van der Waals surface area contributed by atoms with Gasteiger partial charge in [-0.25, -0.2) is 8.42 Å². The van der Waals surface area contributed by atoms with Crippen LogP contribution in [0.5, 0.6) is 5.75 Å². The van der Waals surface area contributed by atoms with E-state index in [9.17, 15) is 13.2 Å². The van der Waals surface area contributed by atoms with Gasteiger partial charge in [-0.1, -0.05) is 16.7 Å². The molecule has 140 valence electrons. The second-order valence-electron chi connectivity index (χ2n) is 5.40. The van der Waals surface area contributed by atoms with Gasteiger partial charge in [0, 0.05) is 10.6 Å². The number of hydrogen-bond donors (Lipinski definition) is 1. The average Bonchev–Trinajstić information content (AvgIpc) is 3.10. The van der Waals surface area contributed by atoms with Crippen LogP contribution >= 0.6 is 11.6 Å². The Morgan fingerprint density at radius 2 is 1.78 bits per heavy atom. The van der Waals surface area contributed by atoms with Crippen molar-refractivity contribution in [3.8, 4) is 17.2 Å². The van der Waals surface area contributed by atoms with Gasteiger partial charge in [0.2, 0.25) is 11.8 Å². The Bertz CT molecular complexity index is 1050. The third-order valence-electron chi connectivity index (χ3n) is 3.50. The van der Waals surface area contributed by atoms with Crippen LogP contribution in [-0.2, 0) is 14.6 Å². The Labute approximate surface area is 160 Å². The molecule has 27 heavy (non-hydrogen) atoms. The fourth-order valence-corrected chi connectivity index (χ4v) is 3.44. The number of hydrogen-bond acceptors (Lipinski definition) is 7. The van der Waals surface area contributed by atoms with Crippen LogP contribution in [0, 0.1) is 0 Å². The molecule has 1 heterocycles. The number of anilines is 1. The first kappa shape index (κ1) is 18.9. The molecule has 0 spiro atoms. The summed E-state index contributed by atoms with van der Waals surface area (Å²) in [5.41, 5.74) is 0.623. The molecule has 0 aliphatic rings. The second-order valence-corrected chi connectivity index (χ2v) is 7.83. The third-order valence-corrected chi connectivity index (χ3v) is 5.39. The van der Waals surface area contributed by atoms with Crippen LogP contribution < -0.4 is 10.1 Å². The van der Waals surface area contributed by atoms with Crippen LogP contribution in [-0.4, -0.2) is 37.4 Å². The fourth-order valence-electron chi connectivity index (χ4n) is 2.18. The number of rotatable bonds is 6. The number of sulfone groups is 1. The molecular formula is C17H14ClN3O5S. The zero-order valence-electron chi connectivity index (χ0n) is 14.0. The quantitative estimate of drug-likeness (QED) is 0.668. The van der Waals surface area contributed by atoms with Crippen molar-refractivity contribution in [3.63, 3.8) is 0 Å². The van der Waals surface area contributed by atoms with Gasteiger partial charge in [-0.15, -0.1) is 5.10 Å². The average molecular weight is 408 g/mol. The molecule has 0 aliphatic carbocycles. The van der Waals surface area contributed by atoms with Gasteiger partial charge < -0.3 is 9.15 Å². The van der Waals surface area contributed by atoms with Crippen molar-refractivity contribution < 1.29 is 22.4 Å². The van der Waals surface area contributed by atoms with Crippen molar-refractivity contribution in [3.05, 3.63) is 53.6 Å². The second kappa shape index (κ2) is 7.77. The Kier molecular flexibility index (Phi) is 5.43. The highest BCUT2D eigenvalue weighted by Crippen LogP contribution is 2.22. The molecule has 2 aromatic carbocycles. The van der Waals surface area contributed by atoms with Gasteiger partial charge in [0.25, 0.3) is 0 Å². The predicted molar refractivity (Wildman–Crippen MR) is 98.4 cm³/mol. The Morgan fingerprint density at radius 1 is 1.11 bits per heavy atom. The van der Waals surface area contributed by atoms with Crippen molar-refractivity contribution in [2.45, 2.75) is 4.90 Å². The molecule has 1 amide bonds. The van der Waals surface area contributed by atoms with Crippen molar-refractivity contribution in [2.75, 3.05) is 18.2 Å². The molecule has 0 saturated heterocycles. The number of nitrogens with zero attached hydrogens (tertiary/aromatic N) is 2. The maximum absolute atomic E-state index is 12.2. The van der Waals surface area contributed by atoms with E-state index >= 15 is 0 Å². The summed E-state index contributed by atoms with van der Waals surface area (Å²) in [5.74, 6) is -0.725. The molecule has 0 atom stereocenters. The van der Waals surface area contributed by atoms with Crippen LogP contribution in [0.4, 0.5) is 6.01 Å². The van der Waals surface area contributed by atoms with Crippen molar-refractivity contribution in [1.82, 2.24) is 10.2 Å². The lowest BCUT2D eigenvalue weighted by atomic mass is 10.2. The van der Waals surface area contributed by atoms with Gasteiger partial charge >= 0.3 is 6.01 Å². The standard InChI is InChI=1S/C17H14ClN3O5S/c1-25-13-6-2-11(3-7-13)16-20-21-17(26-16)19-15(22)10-27(23,24)14-8-4-12(18)5-9-14/h2-9H,10H2,1H3,(H,19,21,22). The summed E-state index contributed by atoms with van der Waals surface area (Å²) < 4.78 is 34.9.